The number of imidazole rings is 1. The summed E-state index contributed by atoms with van der Waals surface area (Å²) in [5.74, 6) is -0.130. The van der Waals surface area contributed by atoms with E-state index in [9.17, 15) is 9.18 Å². The Hall–Kier alpha value is -2.37. The van der Waals surface area contributed by atoms with E-state index in [2.05, 4.69) is 20.6 Å². The van der Waals surface area contributed by atoms with Crippen molar-refractivity contribution in [1.82, 2.24) is 15.3 Å². The molecular formula is C13H15FN4O. The minimum absolute atomic E-state index is 0.224. The molecule has 0 atom stereocenters. The van der Waals surface area contributed by atoms with E-state index >= 15 is 0 Å². The molecule has 1 heterocycles. The Balaban J connectivity index is 2.12. The van der Waals surface area contributed by atoms with E-state index in [1.54, 1.807) is 18.5 Å². The number of para-hydroxylation sites is 1. The first kappa shape index (κ1) is 13.1. The van der Waals surface area contributed by atoms with Crippen molar-refractivity contribution in [2.75, 3.05) is 11.9 Å². The topological polar surface area (TPSA) is 69.8 Å². The number of anilines is 1. The van der Waals surface area contributed by atoms with Crippen LogP contribution in [0.25, 0.3) is 0 Å². The Morgan fingerprint density at radius 2 is 2.32 bits per heavy atom. The van der Waals surface area contributed by atoms with E-state index < -0.39 is 5.82 Å². The number of nitrogens with zero attached hydrogens (tertiary/aromatic N) is 1. The Labute approximate surface area is 110 Å². The number of rotatable bonds is 5. The summed E-state index contributed by atoms with van der Waals surface area (Å²) >= 11 is 0. The number of aromatic nitrogens is 2. The van der Waals surface area contributed by atoms with Gasteiger partial charge in [-0.2, -0.15) is 0 Å². The molecule has 1 amide bonds. The fourth-order valence-corrected chi connectivity index (χ4v) is 1.72. The standard InChI is InChI=1S/C13H15FN4O/c1-2-15-12-9(4-3-5-10(12)14)13(19)18-8-11-16-6-7-17-11/h3-7,15H,2,8H2,1H3,(H,16,17)(H,18,19). The summed E-state index contributed by atoms with van der Waals surface area (Å²) < 4.78 is 13.7. The first-order valence-electron chi connectivity index (χ1n) is 6.01. The molecule has 0 aliphatic rings. The van der Waals surface area contributed by atoms with Crippen LogP contribution in [0.15, 0.2) is 30.6 Å². The van der Waals surface area contributed by atoms with Gasteiger partial charge in [-0.3, -0.25) is 4.79 Å². The third-order valence-corrected chi connectivity index (χ3v) is 2.58. The number of carbonyl (C=O) groups excluding carboxylic acids is 1. The van der Waals surface area contributed by atoms with Crippen molar-refractivity contribution in [1.29, 1.82) is 0 Å². The lowest BCUT2D eigenvalue weighted by atomic mass is 10.1. The fourth-order valence-electron chi connectivity index (χ4n) is 1.72. The zero-order valence-corrected chi connectivity index (χ0v) is 10.5. The number of carbonyl (C=O) groups is 1. The van der Waals surface area contributed by atoms with Gasteiger partial charge in [0.05, 0.1) is 17.8 Å². The zero-order chi connectivity index (χ0) is 13.7. The summed E-state index contributed by atoms with van der Waals surface area (Å²) in [5.41, 5.74) is 0.510. The molecule has 100 valence electrons. The third kappa shape index (κ3) is 3.09. The smallest absolute Gasteiger partial charge is 0.253 e. The Morgan fingerprint density at radius 3 is 3.00 bits per heavy atom. The van der Waals surface area contributed by atoms with Gasteiger partial charge in [-0.25, -0.2) is 9.37 Å². The highest BCUT2D eigenvalue weighted by molar-refractivity contribution is 5.99. The van der Waals surface area contributed by atoms with Gasteiger partial charge in [0.25, 0.3) is 5.91 Å². The van der Waals surface area contributed by atoms with Crippen LogP contribution in [-0.2, 0) is 6.54 Å². The predicted octanol–water partition coefficient (Wildman–Crippen LogP) is 1.91. The molecule has 2 rings (SSSR count). The summed E-state index contributed by atoms with van der Waals surface area (Å²) in [6.07, 6.45) is 3.28. The lowest BCUT2D eigenvalue weighted by Gasteiger charge is -2.11. The highest BCUT2D eigenvalue weighted by atomic mass is 19.1. The third-order valence-electron chi connectivity index (χ3n) is 2.58. The fraction of sp³-hybridized carbons (Fsp3) is 0.231. The molecule has 0 fully saturated rings. The van der Waals surface area contributed by atoms with E-state index in [0.29, 0.717) is 12.4 Å². The van der Waals surface area contributed by atoms with Gasteiger partial charge < -0.3 is 15.6 Å². The summed E-state index contributed by atoms with van der Waals surface area (Å²) in [7, 11) is 0. The van der Waals surface area contributed by atoms with Crippen LogP contribution in [-0.4, -0.2) is 22.4 Å². The summed E-state index contributed by atoms with van der Waals surface area (Å²) in [6, 6.07) is 4.41. The largest absolute Gasteiger partial charge is 0.382 e. The second-order valence-electron chi connectivity index (χ2n) is 3.91. The summed E-state index contributed by atoms with van der Waals surface area (Å²) in [5, 5.41) is 5.55. The van der Waals surface area contributed by atoms with Crippen LogP contribution in [0.2, 0.25) is 0 Å². The van der Waals surface area contributed by atoms with Gasteiger partial charge in [0.2, 0.25) is 0 Å². The number of H-pyrrole nitrogens is 1. The first-order valence-corrected chi connectivity index (χ1v) is 6.01. The summed E-state index contributed by atoms with van der Waals surface area (Å²) in [4.78, 5) is 18.9. The molecule has 6 heteroatoms. The minimum Gasteiger partial charge on any atom is -0.382 e. The minimum atomic E-state index is -0.438. The SMILES string of the molecule is CCNc1c(F)cccc1C(=O)NCc1ncc[nH]1. The van der Waals surface area contributed by atoms with Crippen LogP contribution in [0.5, 0.6) is 0 Å². The lowest BCUT2D eigenvalue weighted by Crippen LogP contribution is -2.24. The Bertz CT molecular complexity index is 554. The van der Waals surface area contributed by atoms with Crippen molar-refractivity contribution in [2.24, 2.45) is 0 Å². The average Bonchev–Trinajstić information content (AvgIpc) is 2.92. The highest BCUT2D eigenvalue weighted by Gasteiger charge is 2.14. The Kier molecular flexibility index (Phi) is 4.12. The Morgan fingerprint density at radius 1 is 1.47 bits per heavy atom. The molecule has 2 aromatic rings. The van der Waals surface area contributed by atoms with Crippen LogP contribution in [0, 0.1) is 5.82 Å². The highest BCUT2D eigenvalue weighted by Crippen LogP contribution is 2.19. The summed E-state index contributed by atoms with van der Waals surface area (Å²) in [6.45, 7) is 2.66. The molecular weight excluding hydrogens is 247 g/mol. The number of hydrogen-bond acceptors (Lipinski definition) is 3. The van der Waals surface area contributed by atoms with Gasteiger partial charge in [0, 0.05) is 18.9 Å². The molecule has 0 saturated carbocycles. The van der Waals surface area contributed by atoms with Gasteiger partial charge in [-0.15, -0.1) is 0 Å². The molecule has 0 spiro atoms. The second-order valence-corrected chi connectivity index (χ2v) is 3.91. The maximum atomic E-state index is 13.7. The number of benzene rings is 1. The van der Waals surface area contributed by atoms with Crippen molar-refractivity contribution in [3.05, 3.63) is 47.8 Å². The van der Waals surface area contributed by atoms with Crippen LogP contribution in [0.1, 0.15) is 23.1 Å². The quantitative estimate of drug-likeness (QED) is 0.771. The van der Waals surface area contributed by atoms with Crippen LogP contribution in [0.3, 0.4) is 0 Å². The number of aromatic amines is 1. The average molecular weight is 262 g/mol. The molecule has 0 aliphatic carbocycles. The van der Waals surface area contributed by atoms with Crippen molar-refractivity contribution >= 4 is 11.6 Å². The van der Waals surface area contributed by atoms with Crippen molar-refractivity contribution in [3.63, 3.8) is 0 Å². The van der Waals surface area contributed by atoms with Gasteiger partial charge in [-0.05, 0) is 19.1 Å². The molecule has 19 heavy (non-hydrogen) atoms. The van der Waals surface area contributed by atoms with Gasteiger partial charge in [0.1, 0.15) is 11.6 Å². The molecule has 5 nitrogen and oxygen atoms in total. The predicted molar refractivity (Wildman–Crippen MR) is 70.3 cm³/mol. The molecule has 0 aliphatic heterocycles. The van der Waals surface area contributed by atoms with E-state index in [1.165, 1.54) is 12.1 Å². The van der Waals surface area contributed by atoms with E-state index in [-0.39, 0.29) is 23.7 Å². The number of hydrogen-bond donors (Lipinski definition) is 3. The van der Waals surface area contributed by atoms with Gasteiger partial charge in [-0.1, -0.05) is 6.07 Å². The molecule has 1 aromatic heterocycles. The molecule has 0 saturated heterocycles. The van der Waals surface area contributed by atoms with E-state index in [1.807, 2.05) is 6.92 Å². The maximum absolute atomic E-state index is 13.7. The molecule has 1 aromatic carbocycles. The maximum Gasteiger partial charge on any atom is 0.253 e. The molecule has 0 unspecified atom stereocenters. The van der Waals surface area contributed by atoms with E-state index in [0.717, 1.165) is 0 Å². The lowest BCUT2D eigenvalue weighted by molar-refractivity contribution is 0.0950. The van der Waals surface area contributed by atoms with Crippen LogP contribution in [0.4, 0.5) is 10.1 Å². The molecule has 0 radical (unpaired) electrons. The normalized spacial score (nSPS) is 10.2. The van der Waals surface area contributed by atoms with E-state index in [4.69, 9.17) is 0 Å². The van der Waals surface area contributed by atoms with Gasteiger partial charge >= 0.3 is 0 Å². The molecule has 0 bridgehead atoms. The second kappa shape index (κ2) is 5.99. The number of amides is 1. The first-order chi connectivity index (χ1) is 9.22. The van der Waals surface area contributed by atoms with Crippen LogP contribution >= 0.6 is 0 Å². The van der Waals surface area contributed by atoms with Crippen molar-refractivity contribution in [2.45, 2.75) is 13.5 Å². The number of nitrogens with one attached hydrogen (secondary N) is 3. The molecule has 3 N–H and O–H groups in total. The number of halogens is 1. The van der Waals surface area contributed by atoms with Gasteiger partial charge in [0.15, 0.2) is 0 Å². The van der Waals surface area contributed by atoms with Crippen molar-refractivity contribution in [3.8, 4) is 0 Å². The zero-order valence-electron chi connectivity index (χ0n) is 10.5. The monoisotopic (exact) mass is 262 g/mol. The van der Waals surface area contributed by atoms with Crippen molar-refractivity contribution < 1.29 is 9.18 Å². The van der Waals surface area contributed by atoms with Crippen LogP contribution < -0.4 is 10.6 Å².